The normalized spacial score (nSPS) is 15.6. The van der Waals surface area contributed by atoms with Crippen LogP contribution in [0.1, 0.15) is 57.1 Å². The van der Waals surface area contributed by atoms with Gasteiger partial charge >= 0.3 is 0 Å². The average molecular weight is 411 g/mol. The fourth-order valence-corrected chi connectivity index (χ4v) is 3.89. The van der Waals surface area contributed by atoms with Crippen LogP contribution in [0.4, 0.5) is 0 Å². The highest BCUT2D eigenvalue weighted by molar-refractivity contribution is 6.27. The highest BCUT2D eigenvalue weighted by Gasteiger charge is 2.32. The minimum absolute atomic E-state index is 0.151. The maximum Gasteiger partial charge on any atom is 0.247 e. The lowest BCUT2D eigenvalue weighted by molar-refractivity contribution is -0.139. The van der Waals surface area contributed by atoms with Crippen molar-refractivity contribution in [3.63, 3.8) is 0 Å². The first-order chi connectivity index (χ1) is 13.5. The van der Waals surface area contributed by atoms with E-state index in [1.165, 1.54) is 6.42 Å². The molecule has 28 heavy (non-hydrogen) atoms. The molecule has 1 fully saturated rings. The van der Waals surface area contributed by atoms with Crippen molar-refractivity contribution in [2.75, 3.05) is 26.6 Å². The smallest absolute Gasteiger partial charge is 0.247 e. The van der Waals surface area contributed by atoms with Crippen molar-refractivity contribution in [1.29, 1.82) is 0 Å². The number of ether oxygens (including phenoxy) is 2. The third kappa shape index (κ3) is 5.53. The molecule has 1 atom stereocenters. The molecule has 0 saturated heterocycles. The summed E-state index contributed by atoms with van der Waals surface area (Å²) in [5.41, 5.74) is 0.679. The Morgan fingerprint density at radius 1 is 1.18 bits per heavy atom. The zero-order valence-electron chi connectivity index (χ0n) is 17.0. The molecule has 2 rings (SSSR count). The summed E-state index contributed by atoms with van der Waals surface area (Å²) >= 11 is 5.85. The molecule has 6 nitrogen and oxygen atoms in total. The minimum Gasteiger partial charge on any atom is -0.493 e. The van der Waals surface area contributed by atoms with Gasteiger partial charge in [0.25, 0.3) is 0 Å². The Bertz CT molecular complexity index is 662. The number of nitrogens with zero attached hydrogens (tertiary/aromatic N) is 1. The molecule has 1 aromatic rings. The van der Waals surface area contributed by atoms with Gasteiger partial charge in [-0.05, 0) is 37.0 Å². The fourth-order valence-electron chi connectivity index (χ4n) is 3.74. The first-order valence-corrected chi connectivity index (χ1v) is 10.5. The quantitative estimate of drug-likeness (QED) is 0.630. The largest absolute Gasteiger partial charge is 0.493 e. The van der Waals surface area contributed by atoms with Crippen molar-refractivity contribution in [1.82, 2.24) is 10.2 Å². The molecule has 0 radical (unpaired) electrons. The van der Waals surface area contributed by atoms with Crippen LogP contribution in [-0.4, -0.2) is 49.4 Å². The van der Waals surface area contributed by atoms with Gasteiger partial charge in [-0.25, -0.2) is 0 Å². The second-order valence-corrected chi connectivity index (χ2v) is 7.35. The van der Waals surface area contributed by atoms with E-state index in [0.29, 0.717) is 23.6 Å². The second-order valence-electron chi connectivity index (χ2n) is 7.08. The number of alkyl halides is 1. The van der Waals surface area contributed by atoms with E-state index in [1.807, 2.05) is 6.92 Å². The van der Waals surface area contributed by atoms with Crippen LogP contribution in [0, 0.1) is 0 Å². The van der Waals surface area contributed by atoms with Crippen molar-refractivity contribution < 1.29 is 19.1 Å². The number of hydrogen-bond donors (Lipinski definition) is 1. The van der Waals surface area contributed by atoms with Crippen LogP contribution >= 0.6 is 11.6 Å². The first kappa shape index (κ1) is 22.3. The predicted octanol–water partition coefficient (Wildman–Crippen LogP) is 3.67. The van der Waals surface area contributed by atoms with Gasteiger partial charge in [-0.2, -0.15) is 0 Å². The molecule has 0 unspecified atom stereocenters. The third-order valence-corrected chi connectivity index (χ3v) is 5.36. The molecule has 7 heteroatoms. The first-order valence-electron chi connectivity index (χ1n) is 9.93. The van der Waals surface area contributed by atoms with Gasteiger partial charge in [-0.3, -0.25) is 9.59 Å². The van der Waals surface area contributed by atoms with Crippen molar-refractivity contribution >= 4 is 23.4 Å². The van der Waals surface area contributed by atoms with Gasteiger partial charge in [-0.1, -0.05) is 32.3 Å². The summed E-state index contributed by atoms with van der Waals surface area (Å²) in [6.07, 6.45) is 6.11. The van der Waals surface area contributed by atoms with Crippen molar-refractivity contribution in [2.24, 2.45) is 0 Å². The lowest BCUT2D eigenvalue weighted by atomic mass is 9.94. The number of halogens is 1. The van der Waals surface area contributed by atoms with Crippen LogP contribution < -0.4 is 14.8 Å². The predicted molar refractivity (Wildman–Crippen MR) is 110 cm³/mol. The average Bonchev–Trinajstić information content (AvgIpc) is 2.73. The van der Waals surface area contributed by atoms with Crippen LogP contribution in [0.3, 0.4) is 0 Å². The Hall–Kier alpha value is -1.95. The van der Waals surface area contributed by atoms with Gasteiger partial charge in [0.05, 0.1) is 14.2 Å². The summed E-state index contributed by atoms with van der Waals surface area (Å²) in [6, 6.07) is 4.71. The summed E-state index contributed by atoms with van der Waals surface area (Å²) in [6.45, 7) is 2.42. The molecule has 1 aliphatic rings. The molecular formula is C21H31ClN2O4. The van der Waals surface area contributed by atoms with Gasteiger partial charge in [0.2, 0.25) is 11.8 Å². The molecule has 0 spiro atoms. The van der Waals surface area contributed by atoms with Crippen molar-refractivity contribution in [3.05, 3.63) is 23.8 Å². The van der Waals surface area contributed by atoms with Crippen LogP contribution in [0.25, 0.3) is 0 Å². The summed E-state index contributed by atoms with van der Waals surface area (Å²) in [5, 5.41) is 3.15. The maximum atomic E-state index is 13.3. The van der Waals surface area contributed by atoms with Gasteiger partial charge < -0.3 is 19.7 Å². The lowest BCUT2D eigenvalue weighted by Crippen LogP contribution is -2.47. The summed E-state index contributed by atoms with van der Waals surface area (Å²) in [4.78, 5) is 27.4. The zero-order valence-corrected chi connectivity index (χ0v) is 17.8. The Morgan fingerprint density at radius 3 is 2.43 bits per heavy atom. The molecule has 156 valence electrons. The molecule has 0 aromatic heterocycles. The Morgan fingerprint density at radius 2 is 1.86 bits per heavy atom. The second kappa shape index (κ2) is 11.1. The summed E-state index contributed by atoms with van der Waals surface area (Å²) in [7, 11) is 3.11. The van der Waals surface area contributed by atoms with E-state index < -0.39 is 6.04 Å². The Balaban J connectivity index is 2.39. The van der Waals surface area contributed by atoms with E-state index in [4.69, 9.17) is 21.1 Å². The van der Waals surface area contributed by atoms with Crippen molar-refractivity contribution in [3.8, 4) is 11.5 Å². The van der Waals surface area contributed by atoms with Gasteiger partial charge in [0.15, 0.2) is 11.5 Å². The number of carbonyl (C=O) groups excluding carboxylic acids is 2. The Kier molecular flexibility index (Phi) is 8.90. The third-order valence-electron chi connectivity index (χ3n) is 5.13. The number of rotatable bonds is 9. The molecule has 1 N–H and O–H groups in total. The molecule has 0 aliphatic heterocycles. The number of benzene rings is 1. The van der Waals surface area contributed by atoms with E-state index in [2.05, 4.69) is 5.32 Å². The minimum atomic E-state index is -0.757. The molecule has 1 aliphatic carbocycles. The Labute approximate surface area is 172 Å². The lowest BCUT2D eigenvalue weighted by Gasteiger charge is -2.33. The van der Waals surface area contributed by atoms with Gasteiger partial charge in [0.1, 0.15) is 11.9 Å². The van der Waals surface area contributed by atoms with E-state index >= 15 is 0 Å². The molecular weight excluding hydrogens is 380 g/mol. The van der Waals surface area contributed by atoms with E-state index in [1.54, 1.807) is 37.3 Å². The van der Waals surface area contributed by atoms with Crippen LogP contribution in [-0.2, 0) is 9.59 Å². The van der Waals surface area contributed by atoms with Crippen LogP contribution in [0.15, 0.2) is 18.2 Å². The number of methoxy groups -OCH3 is 2. The standard InChI is InChI=1S/C21H31ClN2O4/c1-4-12-24(19(25)14-22)20(21(26)23-16-8-6-5-7-9-16)15-10-11-17(27-2)18(13-15)28-3/h10-11,13,16,20H,4-9,12,14H2,1-3H3,(H,23,26)/t20-/m0/s1. The number of amides is 2. The van der Waals surface area contributed by atoms with E-state index in [-0.39, 0.29) is 23.7 Å². The van der Waals surface area contributed by atoms with E-state index in [9.17, 15) is 9.59 Å². The topological polar surface area (TPSA) is 67.9 Å². The molecule has 1 aromatic carbocycles. The van der Waals surface area contributed by atoms with Gasteiger partial charge in [-0.15, -0.1) is 11.6 Å². The van der Waals surface area contributed by atoms with Gasteiger partial charge in [0, 0.05) is 12.6 Å². The number of carbonyl (C=O) groups is 2. The monoisotopic (exact) mass is 410 g/mol. The molecule has 0 bridgehead atoms. The van der Waals surface area contributed by atoms with Crippen LogP contribution in [0.2, 0.25) is 0 Å². The van der Waals surface area contributed by atoms with Crippen molar-refractivity contribution in [2.45, 2.75) is 57.5 Å². The molecule has 0 heterocycles. The number of hydrogen-bond acceptors (Lipinski definition) is 4. The molecule has 2 amide bonds. The SMILES string of the molecule is CCCN(C(=O)CCl)[C@H](C(=O)NC1CCCCC1)c1ccc(OC)c(OC)c1. The highest BCUT2D eigenvalue weighted by Crippen LogP contribution is 2.33. The molecule has 1 saturated carbocycles. The van der Waals surface area contributed by atoms with Crippen LogP contribution in [0.5, 0.6) is 11.5 Å². The zero-order chi connectivity index (χ0) is 20.5. The summed E-state index contributed by atoms with van der Waals surface area (Å²) < 4.78 is 10.7. The highest BCUT2D eigenvalue weighted by atomic mass is 35.5. The van der Waals surface area contributed by atoms with E-state index in [0.717, 1.165) is 32.1 Å². The summed E-state index contributed by atoms with van der Waals surface area (Å²) in [5.74, 6) is 0.488. The maximum absolute atomic E-state index is 13.3. The number of nitrogens with one attached hydrogen (secondary N) is 1. The fraction of sp³-hybridized carbons (Fsp3) is 0.619.